The number of nitrogens with one attached hydrogen (secondary N) is 1. The topological polar surface area (TPSA) is 37.8 Å². The van der Waals surface area contributed by atoms with Gasteiger partial charge in [0, 0.05) is 17.7 Å². The summed E-state index contributed by atoms with van der Waals surface area (Å²) in [5.74, 6) is 1.81. The lowest BCUT2D eigenvalue weighted by atomic mass is 9.68. The minimum Gasteiger partial charge on any atom is -0.316 e. The number of thioether (sulfide) groups is 1. The van der Waals surface area contributed by atoms with Crippen LogP contribution in [-0.4, -0.2) is 27.7 Å². The largest absolute Gasteiger partial charge is 0.316 e. The molecule has 0 radical (unpaired) electrons. The highest BCUT2D eigenvalue weighted by atomic mass is 32.2. The van der Waals surface area contributed by atoms with Gasteiger partial charge in [-0.3, -0.25) is 0 Å². The van der Waals surface area contributed by atoms with Crippen molar-refractivity contribution in [3.8, 4) is 0 Å². The van der Waals surface area contributed by atoms with Gasteiger partial charge in [-0.05, 0) is 49.2 Å². The Kier molecular flexibility index (Phi) is 6.09. The maximum Gasteiger partial charge on any atom is 0.170 e. The number of nitrogens with zero attached hydrogens (tertiary/aromatic N) is 2. The zero-order valence-corrected chi connectivity index (χ0v) is 15.6. The molecule has 3 nitrogen and oxygen atoms in total. The first-order valence-electron chi connectivity index (χ1n) is 8.16. The molecule has 5 heteroatoms. The van der Waals surface area contributed by atoms with Crippen molar-refractivity contribution in [2.24, 2.45) is 11.3 Å². The summed E-state index contributed by atoms with van der Waals surface area (Å²) in [4.78, 5) is 4.64. The number of rotatable bonds is 6. The fraction of sp³-hybridized carbons (Fsp3) is 0.875. The van der Waals surface area contributed by atoms with Crippen LogP contribution in [0.5, 0.6) is 0 Å². The maximum atomic E-state index is 4.64. The zero-order chi connectivity index (χ0) is 15.5. The van der Waals surface area contributed by atoms with Crippen LogP contribution in [0.4, 0.5) is 0 Å². The molecule has 1 aromatic heterocycles. The summed E-state index contributed by atoms with van der Waals surface area (Å²) in [7, 11) is 2.10. The lowest BCUT2D eigenvalue weighted by Crippen LogP contribution is -2.43. The van der Waals surface area contributed by atoms with Gasteiger partial charge < -0.3 is 5.32 Å². The normalized spacial score (nSPS) is 27.0. The maximum absolute atomic E-state index is 4.64. The van der Waals surface area contributed by atoms with Gasteiger partial charge in [-0.1, -0.05) is 45.9 Å². The van der Waals surface area contributed by atoms with Gasteiger partial charge in [-0.15, -0.1) is 0 Å². The molecule has 21 heavy (non-hydrogen) atoms. The van der Waals surface area contributed by atoms with E-state index in [2.05, 4.69) is 49.4 Å². The fourth-order valence-electron chi connectivity index (χ4n) is 3.15. The molecule has 3 atom stereocenters. The molecular weight excluding hydrogens is 298 g/mol. The summed E-state index contributed by atoms with van der Waals surface area (Å²) in [6.45, 7) is 9.30. The molecule has 0 aliphatic heterocycles. The molecule has 1 aromatic rings. The third-order valence-electron chi connectivity index (χ3n) is 5.20. The van der Waals surface area contributed by atoms with Crippen LogP contribution in [0.2, 0.25) is 0 Å². The van der Waals surface area contributed by atoms with E-state index in [1.165, 1.54) is 25.7 Å². The second kappa shape index (κ2) is 7.42. The van der Waals surface area contributed by atoms with Crippen LogP contribution in [0, 0.1) is 11.3 Å². The third-order valence-corrected chi connectivity index (χ3v) is 7.38. The molecule has 3 unspecified atom stereocenters. The third kappa shape index (κ3) is 4.20. The summed E-state index contributed by atoms with van der Waals surface area (Å²) in [5, 5.41) is 4.14. The molecule has 0 bridgehead atoms. The predicted molar refractivity (Wildman–Crippen MR) is 93.2 cm³/mol. The van der Waals surface area contributed by atoms with Crippen LogP contribution in [0.15, 0.2) is 4.34 Å². The van der Waals surface area contributed by atoms with E-state index in [4.69, 9.17) is 0 Å². The second-order valence-corrected chi connectivity index (χ2v) is 8.97. The number of hydrogen-bond acceptors (Lipinski definition) is 5. The van der Waals surface area contributed by atoms with Crippen molar-refractivity contribution in [2.75, 3.05) is 7.05 Å². The molecule has 1 N–H and O–H groups in total. The van der Waals surface area contributed by atoms with Crippen molar-refractivity contribution in [3.63, 3.8) is 0 Å². The van der Waals surface area contributed by atoms with Gasteiger partial charge in [0.15, 0.2) is 4.34 Å². The number of aryl methyl sites for hydroxylation is 1. The lowest BCUT2D eigenvalue weighted by molar-refractivity contribution is 0.142. The molecule has 0 aromatic carbocycles. The van der Waals surface area contributed by atoms with Crippen molar-refractivity contribution in [3.05, 3.63) is 5.82 Å². The molecule has 120 valence electrons. The summed E-state index contributed by atoms with van der Waals surface area (Å²) in [6.07, 6.45) is 6.11. The summed E-state index contributed by atoms with van der Waals surface area (Å²) >= 11 is 3.52. The molecule has 1 saturated carbocycles. The van der Waals surface area contributed by atoms with E-state index in [0.717, 1.165) is 22.5 Å². The molecule has 2 rings (SSSR count). The van der Waals surface area contributed by atoms with Crippen LogP contribution in [0.1, 0.15) is 59.2 Å². The Morgan fingerprint density at radius 2 is 2.10 bits per heavy atom. The van der Waals surface area contributed by atoms with Gasteiger partial charge in [-0.25, -0.2) is 4.98 Å². The summed E-state index contributed by atoms with van der Waals surface area (Å²) in [6, 6.07) is 0.605. The highest BCUT2D eigenvalue weighted by molar-refractivity contribution is 8.01. The number of hydrogen-bond donors (Lipinski definition) is 1. The Morgan fingerprint density at radius 1 is 1.33 bits per heavy atom. The van der Waals surface area contributed by atoms with Crippen molar-refractivity contribution in [2.45, 2.75) is 75.4 Å². The zero-order valence-electron chi connectivity index (χ0n) is 14.0. The molecule has 1 aliphatic carbocycles. The van der Waals surface area contributed by atoms with Crippen LogP contribution >= 0.6 is 23.3 Å². The monoisotopic (exact) mass is 327 g/mol. The van der Waals surface area contributed by atoms with E-state index in [1.54, 1.807) is 11.5 Å². The van der Waals surface area contributed by atoms with Crippen molar-refractivity contribution >= 4 is 23.3 Å². The fourth-order valence-corrected chi connectivity index (χ4v) is 5.48. The minimum atomic E-state index is 0.452. The lowest BCUT2D eigenvalue weighted by Gasteiger charge is -2.42. The van der Waals surface area contributed by atoms with Crippen molar-refractivity contribution in [1.29, 1.82) is 0 Å². The molecular formula is C16H29N3S2. The molecule has 1 aliphatic rings. The van der Waals surface area contributed by atoms with Gasteiger partial charge in [-0.2, -0.15) is 4.37 Å². The average Bonchev–Trinajstić information content (AvgIpc) is 2.94. The Labute approximate surface area is 137 Å². The average molecular weight is 328 g/mol. The van der Waals surface area contributed by atoms with Crippen LogP contribution < -0.4 is 5.32 Å². The summed E-state index contributed by atoms with van der Waals surface area (Å²) < 4.78 is 5.57. The smallest absolute Gasteiger partial charge is 0.170 e. The quantitative estimate of drug-likeness (QED) is 0.841. The van der Waals surface area contributed by atoms with Gasteiger partial charge in [0.1, 0.15) is 5.82 Å². The first kappa shape index (κ1) is 17.2. The highest BCUT2D eigenvalue weighted by Crippen LogP contribution is 2.45. The van der Waals surface area contributed by atoms with Gasteiger partial charge in [0.05, 0.1) is 0 Å². The van der Waals surface area contributed by atoms with Crippen molar-refractivity contribution < 1.29 is 0 Å². The van der Waals surface area contributed by atoms with Gasteiger partial charge in [0.25, 0.3) is 0 Å². The molecule has 0 amide bonds. The van der Waals surface area contributed by atoms with E-state index in [1.807, 2.05) is 11.8 Å². The minimum absolute atomic E-state index is 0.452. The Hall–Kier alpha value is -0.130. The van der Waals surface area contributed by atoms with Crippen LogP contribution in [0.3, 0.4) is 0 Å². The van der Waals surface area contributed by atoms with E-state index in [-0.39, 0.29) is 0 Å². The molecule has 1 heterocycles. The standard InChI is InChI=1S/C16H29N3S2/c1-6-14-18-15(21-19-14)20-13-10-11(16(3,4)7-2)8-9-12(13)17-5/h11-13,17H,6-10H2,1-5H3. The summed E-state index contributed by atoms with van der Waals surface area (Å²) in [5.41, 5.74) is 0.452. The highest BCUT2D eigenvalue weighted by Gasteiger charge is 2.37. The Morgan fingerprint density at radius 3 is 2.67 bits per heavy atom. The van der Waals surface area contributed by atoms with Crippen molar-refractivity contribution in [1.82, 2.24) is 14.7 Å². The second-order valence-electron chi connectivity index (χ2n) is 6.73. The van der Waals surface area contributed by atoms with E-state index in [0.29, 0.717) is 16.7 Å². The van der Waals surface area contributed by atoms with E-state index < -0.39 is 0 Å². The van der Waals surface area contributed by atoms with Crippen LogP contribution in [-0.2, 0) is 6.42 Å². The number of aromatic nitrogens is 2. The Balaban J connectivity index is 2.06. The first-order chi connectivity index (χ1) is 10.00. The molecule has 1 fully saturated rings. The molecule has 0 spiro atoms. The van der Waals surface area contributed by atoms with Gasteiger partial charge >= 0.3 is 0 Å². The predicted octanol–water partition coefficient (Wildman–Crippen LogP) is 4.39. The van der Waals surface area contributed by atoms with E-state index in [9.17, 15) is 0 Å². The SMILES string of the molecule is CCc1nsc(SC2CC(C(C)(C)CC)CCC2NC)n1. The van der Waals surface area contributed by atoms with E-state index >= 15 is 0 Å². The van der Waals surface area contributed by atoms with Gasteiger partial charge in [0.2, 0.25) is 0 Å². The molecule has 0 saturated heterocycles. The Bertz CT molecular complexity index is 444. The van der Waals surface area contributed by atoms with Crippen LogP contribution in [0.25, 0.3) is 0 Å². The first-order valence-corrected chi connectivity index (χ1v) is 9.82.